The van der Waals surface area contributed by atoms with Gasteiger partial charge in [0.25, 0.3) is 5.91 Å². The van der Waals surface area contributed by atoms with Gasteiger partial charge in [0.15, 0.2) is 18.1 Å². The van der Waals surface area contributed by atoms with E-state index in [0.717, 1.165) is 6.42 Å². The van der Waals surface area contributed by atoms with Crippen LogP contribution in [0.4, 0.5) is 0 Å². The maximum Gasteiger partial charge on any atom is 0.349 e. The number of hydrogen-bond donors (Lipinski definition) is 1. The Hall–Kier alpha value is -3.21. The molecule has 0 saturated carbocycles. The van der Waals surface area contributed by atoms with Gasteiger partial charge in [-0.15, -0.1) is 0 Å². The lowest BCUT2D eigenvalue weighted by Gasteiger charge is -2.11. The van der Waals surface area contributed by atoms with Gasteiger partial charge in [-0.05, 0) is 48.4 Å². The first-order valence-electron chi connectivity index (χ1n) is 9.24. The molecule has 0 fully saturated rings. The molecule has 162 valence electrons. The average molecular weight is 463 g/mol. The van der Waals surface area contributed by atoms with E-state index in [1.165, 1.54) is 25.3 Å². The minimum Gasteiger partial charge on any atom is -0.493 e. The summed E-state index contributed by atoms with van der Waals surface area (Å²) >= 11 is 11.8. The molecule has 2 aromatic rings. The predicted octanol–water partition coefficient (Wildman–Crippen LogP) is 4.42. The second kappa shape index (κ2) is 11.8. The second-order valence-electron chi connectivity index (χ2n) is 6.17. The lowest BCUT2D eigenvalue weighted by Crippen LogP contribution is -2.25. The molecule has 0 radical (unpaired) electrons. The van der Waals surface area contributed by atoms with Crippen molar-refractivity contribution < 1.29 is 23.8 Å². The maximum absolute atomic E-state index is 12.2. The SMILES string of the molecule is CCCNC(=O)/C(C#N)=C/c1ccc(OC(=O)COc2ccc(Cl)cc2Cl)c(OC)c1. The van der Waals surface area contributed by atoms with Crippen molar-refractivity contribution in [2.45, 2.75) is 13.3 Å². The van der Waals surface area contributed by atoms with Crippen molar-refractivity contribution in [1.29, 1.82) is 5.26 Å². The summed E-state index contributed by atoms with van der Waals surface area (Å²) in [7, 11) is 1.41. The third-order valence-electron chi connectivity index (χ3n) is 3.86. The normalized spacial score (nSPS) is 10.7. The molecule has 0 unspecified atom stereocenters. The van der Waals surface area contributed by atoms with E-state index in [1.807, 2.05) is 13.0 Å². The van der Waals surface area contributed by atoms with Gasteiger partial charge in [-0.1, -0.05) is 36.2 Å². The monoisotopic (exact) mass is 462 g/mol. The van der Waals surface area contributed by atoms with Crippen LogP contribution in [0.1, 0.15) is 18.9 Å². The number of nitrogens with one attached hydrogen (secondary N) is 1. The Morgan fingerprint density at radius 3 is 2.52 bits per heavy atom. The van der Waals surface area contributed by atoms with Crippen LogP contribution in [0, 0.1) is 11.3 Å². The first-order valence-corrected chi connectivity index (χ1v) is 10.00. The predicted molar refractivity (Wildman–Crippen MR) is 117 cm³/mol. The van der Waals surface area contributed by atoms with E-state index >= 15 is 0 Å². The summed E-state index contributed by atoms with van der Waals surface area (Å²) in [6.45, 7) is 2.00. The fourth-order valence-corrected chi connectivity index (χ4v) is 2.85. The fourth-order valence-electron chi connectivity index (χ4n) is 2.39. The molecule has 0 bridgehead atoms. The molecular formula is C22H20Cl2N2O5. The van der Waals surface area contributed by atoms with E-state index in [4.69, 9.17) is 37.4 Å². The van der Waals surface area contributed by atoms with Gasteiger partial charge in [0, 0.05) is 11.6 Å². The zero-order valence-corrected chi connectivity index (χ0v) is 18.4. The van der Waals surface area contributed by atoms with Crippen molar-refractivity contribution in [1.82, 2.24) is 5.32 Å². The summed E-state index contributed by atoms with van der Waals surface area (Å²) in [5.41, 5.74) is 0.484. The molecule has 2 aromatic carbocycles. The summed E-state index contributed by atoms with van der Waals surface area (Å²) in [6.07, 6.45) is 2.18. The van der Waals surface area contributed by atoms with Crippen LogP contribution < -0.4 is 19.5 Å². The molecule has 0 aliphatic heterocycles. The summed E-state index contributed by atoms with van der Waals surface area (Å²) in [5, 5.41) is 12.6. The molecule has 1 N–H and O–H groups in total. The van der Waals surface area contributed by atoms with Crippen LogP contribution in [0.3, 0.4) is 0 Å². The molecule has 0 spiro atoms. The molecule has 1 amide bonds. The van der Waals surface area contributed by atoms with Crippen LogP contribution in [-0.4, -0.2) is 32.1 Å². The minimum atomic E-state index is -0.677. The summed E-state index contributed by atoms with van der Waals surface area (Å²) in [4.78, 5) is 24.2. The van der Waals surface area contributed by atoms with E-state index in [2.05, 4.69) is 5.32 Å². The zero-order chi connectivity index (χ0) is 22.8. The van der Waals surface area contributed by atoms with Crippen molar-refractivity contribution in [3.63, 3.8) is 0 Å². The smallest absolute Gasteiger partial charge is 0.349 e. The lowest BCUT2D eigenvalue weighted by atomic mass is 10.1. The van der Waals surface area contributed by atoms with E-state index in [-0.39, 0.29) is 28.7 Å². The molecule has 7 nitrogen and oxygen atoms in total. The van der Waals surface area contributed by atoms with Crippen molar-refractivity contribution >= 4 is 41.2 Å². The Kier molecular flexibility index (Phi) is 9.19. The van der Waals surface area contributed by atoms with Gasteiger partial charge in [-0.3, -0.25) is 4.79 Å². The highest BCUT2D eigenvalue weighted by Crippen LogP contribution is 2.30. The molecule has 0 aromatic heterocycles. The molecule has 0 atom stereocenters. The molecule has 9 heteroatoms. The number of amides is 1. The molecule has 0 aliphatic rings. The van der Waals surface area contributed by atoms with Crippen LogP contribution in [0.15, 0.2) is 42.0 Å². The number of esters is 1. The number of nitrogens with zero attached hydrogens (tertiary/aromatic N) is 1. The molecule has 2 rings (SSSR count). The largest absolute Gasteiger partial charge is 0.493 e. The second-order valence-corrected chi connectivity index (χ2v) is 7.02. The molecule has 31 heavy (non-hydrogen) atoms. The Balaban J connectivity index is 2.08. The summed E-state index contributed by atoms with van der Waals surface area (Å²) in [5.74, 6) is -0.441. The third kappa shape index (κ3) is 7.21. The van der Waals surface area contributed by atoms with Crippen LogP contribution in [-0.2, 0) is 9.59 Å². The van der Waals surface area contributed by atoms with E-state index in [1.54, 1.807) is 24.3 Å². The molecule has 0 heterocycles. The number of methoxy groups -OCH3 is 1. The summed E-state index contributed by atoms with van der Waals surface area (Å²) < 4.78 is 15.9. The Bertz CT molecular complexity index is 1030. The van der Waals surface area contributed by atoms with Crippen molar-refractivity contribution in [2.75, 3.05) is 20.3 Å². The highest BCUT2D eigenvalue weighted by Gasteiger charge is 2.14. The van der Waals surface area contributed by atoms with Gasteiger partial charge in [0.2, 0.25) is 0 Å². The highest BCUT2D eigenvalue weighted by molar-refractivity contribution is 6.35. The van der Waals surface area contributed by atoms with E-state index in [9.17, 15) is 14.9 Å². The minimum absolute atomic E-state index is 0.0477. The van der Waals surface area contributed by atoms with Gasteiger partial charge >= 0.3 is 5.97 Å². The third-order valence-corrected chi connectivity index (χ3v) is 4.39. The van der Waals surface area contributed by atoms with Crippen molar-refractivity contribution in [2.24, 2.45) is 0 Å². The molecule has 0 aliphatic carbocycles. The number of carbonyl (C=O) groups excluding carboxylic acids is 2. The topological polar surface area (TPSA) is 97.7 Å². The standard InChI is InChI=1S/C22H20Cl2N2O5/c1-3-8-26-22(28)15(12-25)9-14-4-6-19(20(10-14)29-2)31-21(27)13-30-18-7-5-16(23)11-17(18)24/h4-7,9-11H,3,8,13H2,1-2H3,(H,26,28)/b15-9+. The number of rotatable bonds is 9. The van der Waals surface area contributed by atoms with Gasteiger partial charge < -0.3 is 19.5 Å². The summed E-state index contributed by atoms with van der Waals surface area (Å²) in [6, 6.07) is 11.1. The van der Waals surface area contributed by atoms with Gasteiger partial charge in [-0.25, -0.2) is 4.79 Å². The van der Waals surface area contributed by atoms with E-state index < -0.39 is 11.9 Å². The molecular weight excluding hydrogens is 443 g/mol. The quantitative estimate of drug-likeness (QED) is 0.256. The van der Waals surface area contributed by atoms with Crippen molar-refractivity contribution in [3.8, 4) is 23.3 Å². The average Bonchev–Trinajstić information content (AvgIpc) is 2.75. The maximum atomic E-state index is 12.2. The zero-order valence-electron chi connectivity index (χ0n) is 16.9. The number of benzene rings is 2. The number of hydrogen-bond acceptors (Lipinski definition) is 6. The number of nitriles is 1. The number of carbonyl (C=O) groups is 2. The van der Waals surface area contributed by atoms with Gasteiger partial charge in [0.1, 0.15) is 17.4 Å². The molecule has 0 saturated heterocycles. The first kappa shape index (κ1) is 24.1. The first-order chi connectivity index (χ1) is 14.9. The lowest BCUT2D eigenvalue weighted by molar-refractivity contribution is -0.136. The van der Waals surface area contributed by atoms with E-state index in [0.29, 0.717) is 22.9 Å². The van der Waals surface area contributed by atoms with Gasteiger partial charge in [-0.2, -0.15) is 5.26 Å². The van der Waals surface area contributed by atoms with Crippen LogP contribution in [0.2, 0.25) is 10.0 Å². The van der Waals surface area contributed by atoms with Gasteiger partial charge in [0.05, 0.1) is 12.1 Å². The van der Waals surface area contributed by atoms with Crippen molar-refractivity contribution in [3.05, 3.63) is 57.6 Å². The highest BCUT2D eigenvalue weighted by atomic mass is 35.5. The Morgan fingerprint density at radius 1 is 1.13 bits per heavy atom. The Labute approximate surface area is 190 Å². The van der Waals surface area contributed by atoms with Crippen LogP contribution in [0.5, 0.6) is 17.2 Å². The number of ether oxygens (including phenoxy) is 3. The Morgan fingerprint density at radius 2 is 1.87 bits per heavy atom. The van der Waals surface area contributed by atoms with Crippen LogP contribution in [0.25, 0.3) is 6.08 Å². The fraction of sp³-hybridized carbons (Fsp3) is 0.227. The van der Waals surface area contributed by atoms with Crippen LogP contribution >= 0.6 is 23.2 Å². The number of halogens is 2.